The van der Waals surface area contributed by atoms with Gasteiger partial charge in [0.2, 0.25) is 0 Å². The van der Waals surface area contributed by atoms with Crippen LogP contribution in [0.2, 0.25) is 0 Å². The highest BCUT2D eigenvalue weighted by molar-refractivity contribution is 5.90. The van der Waals surface area contributed by atoms with Gasteiger partial charge in [0.1, 0.15) is 23.1 Å². The largest absolute Gasteiger partial charge is 0.417 e. The van der Waals surface area contributed by atoms with E-state index in [-0.39, 0.29) is 6.54 Å². The molecule has 0 saturated carbocycles. The van der Waals surface area contributed by atoms with Gasteiger partial charge in [-0.15, -0.1) is 0 Å². The lowest BCUT2D eigenvalue weighted by molar-refractivity contribution is -0.138. The number of H-pyrrole nitrogens is 1. The topological polar surface area (TPSA) is 123 Å². The first kappa shape index (κ1) is 23.4. The van der Waals surface area contributed by atoms with Crippen LogP contribution in [0.4, 0.5) is 29.5 Å². The van der Waals surface area contributed by atoms with Gasteiger partial charge in [-0.05, 0) is 18.9 Å². The molecule has 0 aromatic carbocycles. The van der Waals surface area contributed by atoms with Gasteiger partial charge in [-0.1, -0.05) is 12.2 Å². The predicted octanol–water partition coefficient (Wildman–Crippen LogP) is 2.99. The van der Waals surface area contributed by atoms with Gasteiger partial charge in [-0.2, -0.15) is 18.4 Å². The summed E-state index contributed by atoms with van der Waals surface area (Å²) >= 11 is 0. The maximum absolute atomic E-state index is 13.2. The molecule has 3 aromatic heterocycles. The molecule has 2 N–H and O–H groups in total. The van der Waals surface area contributed by atoms with E-state index in [4.69, 9.17) is 0 Å². The van der Waals surface area contributed by atoms with Crippen molar-refractivity contribution in [2.24, 2.45) is 7.05 Å². The summed E-state index contributed by atoms with van der Waals surface area (Å²) in [5, 5.41) is 11.7. The Morgan fingerprint density at radius 1 is 1.31 bits per heavy atom. The molecule has 2 aliphatic rings. The molecule has 3 aromatic rings. The highest BCUT2D eigenvalue weighted by Crippen LogP contribution is 2.36. The van der Waals surface area contributed by atoms with E-state index in [1.54, 1.807) is 17.3 Å². The number of nitrogens with zero attached hydrogens (tertiary/aromatic N) is 6. The number of urea groups is 1. The molecule has 186 valence electrons. The molecule has 0 atom stereocenters. The van der Waals surface area contributed by atoms with Gasteiger partial charge < -0.3 is 24.7 Å². The molecule has 36 heavy (non-hydrogen) atoms. The first-order valence-electron chi connectivity index (χ1n) is 11.1. The lowest BCUT2D eigenvalue weighted by Crippen LogP contribution is -2.55. The Kier molecular flexibility index (Phi) is 5.46. The van der Waals surface area contributed by atoms with Crippen molar-refractivity contribution < 1.29 is 18.0 Å². The maximum Gasteiger partial charge on any atom is 0.417 e. The van der Waals surface area contributed by atoms with Crippen LogP contribution in [0, 0.1) is 11.3 Å². The van der Waals surface area contributed by atoms with Gasteiger partial charge in [0.15, 0.2) is 5.65 Å². The van der Waals surface area contributed by atoms with Crippen LogP contribution in [-0.4, -0.2) is 55.6 Å². The third kappa shape index (κ3) is 3.94. The highest BCUT2D eigenvalue weighted by Gasteiger charge is 2.43. The molecule has 1 saturated heterocycles. The Balaban J connectivity index is 1.33. The third-order valence-corrected chi connectivity index (χ3v) is 6.69. The van der Waals surface area contributed by atoms with E-state index in [9.17, 15) is 28.0 Å². The van der Waals surface area contributed by atoms with Crippen LogP contribution in [0.5, 0.6) is 0 Å². The molecule has 13 heteroatoms. The molecular formula is C23H21F3N8O2. The van der Waals surface area contributed by atoms with E-state index >= 15 is 0 Å². The SMILES string of the molecule is Cn1cc(C(F)(F)F)cc(NC(=O)N2CC=CC23CCN(c2cnc4[nH]cc(C#N)c4n2)CC3)c1=O. The number of aryl methyl sites for hydroxylation is 1. The summed E-state index contributed by atoms with van der Waals surface area (Å²) in [5.41, 5.74) is -1.43. The molecule has 1 spiro atoms. The number of fused-ring (bicyclic) bond motifs is 1. The number of hydrogen-bond donors (Lipinski definition) is 2. The van der Waals surface area contributed by atoms with Crippen LogP contribution in [0.1, 0.15) is 24.0 Å². The van der Waals surface area contributed by atoms with Gasteiger partial charge in [0.25, 0.3) is 5.56 Å². The summed E-state index contributed by atoms with van der Waals surface area (Å²) in [6, 6.07) is 2.09. The molecule has 0 radical (unpaired) electrons. The number of nitriles is 1. The number of aromatic amines is 1. The number of rotatable bonds is 2. The van der Waals surface area contributed by atoms with Crippen molar-refractivity contribution in [1.29, 1.82) is 5.26 Å². The Labute approximate surface area is 202 Å². The predicted molar refractivity (Wildman–Crippen MR) is 124 cm³/mol. The van der Waals surface area contributed by atoms with Gasteiger partial charge >= 0.3 is 12.2 Å². The zero-order chi connectivity index (χ0) is 25.7. The molecule has 2 aliphatic heterocycles. The number of halogens is 3. The molecule has 5 rings (SSSR count). The molecule has 5 heterocycles. The summed E-state index contributed by atoms with van der Waals surface area (Å²) in [6.45, 7) is 1.34. The quantitative estimate of drug-likeness (QED) is 0.524. The smallest absolute Gasteiger partial charge is 0.355 e. The highest BCUT2D eigenvalue weighted by atomic mass is 19.4. The second kappa shape index (κ2) is 8.40. The van der Waals surface area contributed by atoms with Gasteiger partial charge in [-0.3, -0.25) is 4.79 Å². The second-order valence-corrected chi connectivity index (χ2v) is 8.83. The minimum atomic E-state index is -4.66. The van der Waals surface area contributed by atoms with Crippen molar-refractivity contribution in [3.05, 3.63) is 58.3 Å². The number of piperidine rings is 1. The zero-order valence-corrected chi connectivity index (χ0v) is 19.1. The fourth-order valence-electron chi connectivity index (χ4n) is 4.75. The Morgan fingerprint density at radius 2 is 2.06 bits per heavy atom. The lowest BCUT2D eigenvalue weighted by Gasteiger charge is -2.44. The van der Waals surface area contributed by atoms with E-state index in [1.807, 2.05) is 17.1 Å². The van der Waals surface area contributed by atoms with Crippen LogP contribution in [0.25, 0.3) is 11.2 Å². The van der Waals surface area contributed by atoms with Gasteiger partial charge in [0.05, 0.1) is 22.9 Å². The second-order valence-electron chi connectivity index (χ2n) is 8.83. The van der Waals surface area contributed by atoms with Crippen LogP contribution >= 0.6 is 0 Å². The number of amides is 2. The monoisotopic (exact) mass is 498 g/mol. The van der Waals surface area contributed by atoms with Crippen molar-refractivity contribution in [3.63, 3.8) is 0 Å². The van der Waals surface area contributed by atoms with Crippen LogP contribution in [0.15, 0.2) is 41.6 Å². The number of carbonyl (C=O) groups excluding carboxylic acids is 1. The number of pyridine rings is 1. The number of aromatic nitrogens is 4. The molecule has 0 unspecified atom stereocenters. The standard InChI is InChI=1S/C23H21F3N8O2/c1-32-13-15(23(24,25)26)9-16(20(32)35)30-21(36)34-6-2-3-22(34)4-7-33(8-5-22)17-12-29-19-18(31-17)14(10-27)11-28-19/h2-3,9,11-13H,4-8H2,1H3,(H,28,29)(H,30,36). The van der Waals surface area contributed by atoms with Crippen molar-refractivity contribution in [2.75, 3.05) is 29.9 Å². The number of alkyl halides is 3. The minimum absolute atomic E-state index is 0.270. The fourth-order valence-corrected chi connectivity index (χ4v) is 4.75. The minimum Gasteiger partial charge on any atom is -0.355 e. The number of anilines is 2. The lowest BCUT2D eigenvalue weighted by atomic mass is 9.87. The summed E-state index contributed by atoms with van der Waals surface area (Å²) in [5.74, 6) is 0.610. The molecular weight excluding hydrogens is 477 g/mol. The Morgan fingerprint density at radius 3 is 2.75 bits per heavy atom. The molecule has 0 aliphatic carbocycles. The summed E-state index contributed by atoms with van der Waals surface area (Å²) < 4.78 is 40.4. The number of nitrogens with one attached hydrogen (secondary N) is 2. The van der Waals surface area contributed by atoms with Crippen LogP contribution in [-0.2, 0) is 13.2 Å². The van der Waals surface area contributed by atoms with Gasteiger partial charge in [0, 0.05) is 39.1 Å². The average Bonchev–Trinajstić information content (AvgIpc) is 3.45. The number of carbonyl (C=O) groups is 1. The van der Waals surface area contributed by atoms with E-state index in [0.29, 0.717) is 60.7 Å². The molecule has 10 nitrogen and oxygen atoms in total. The van der Waals surface area contributed by atoms with Crippen LogP contribution < -0.4 is 15.8 Å². The Hall–Kier alpha value is -4.34. The van der Waals surface area contributed by atoms with Crippen molar-refractivity contribution in [3.8, 4) is 6.07 Å². The molecule has 0 bridgehead atoms. The first-order chi connectivity index (χ1) is 17.1. The van der Waals surface area contributed by atoms with E-state index in [1.165, 1.54) is 7.05 Å². The zero-order valence-electron chi connectivity index (χ0n) is 19.1. The van der Waals surface area contributed by atoms with Crippen LogP contribution in [0.3, 0.4) is 0 Å². The molecule has 2 amide bonds. The summed E-state index contributed by atoms with van der Waals surface area (Å²) in [7, 11) is 1.20. The fraction of sp³-hybridized carbons (Fsp3) is 0.348. The summed E-state index contributed by atoms with van der Waals surface area (Å²) in [4.78, 5) is 40.9. The maximum atomic E-state index is 13.2. The van der Waals surface area contributed by atoms with Crippen molar-refractivity contribution >= 4 is 28.7 Å². The van der Waals surface area contributed by atoms with E-state index in [2.05, 4.69) is 26.3 Å². The Bertz CT molecular complexity index is 1480. The average molecular weight is 498 g/mol. The van der Waals surface area contributed by atoms with E-state index < -0.39 is 34.6 Å². The first-order valence-corrected chi connectivity index (χ1v) is 11.1. The normalized spacial score (nSPS) is 17.1. The number of hydrogen-bond acceptors (Lipinski definition) is 6. The molecule has 1 fully saturated rings. The third-order valence-electron chi connectivity index (χ3n) is 6.69. The summed E-state index contributed by atoms with van der Waals surface area (Å²) in [6.07, 6.45) is 4.06. The van der Waals surface area contributed by atoms with Crippen molar-refractivity contribution in [1.82, 2.24) is 24.4 Å². The van der Waals surface area contributed by atoms with Crippen molar-refractivity contribution in [2.45, 2.75) is 24.6 Å². The van der Waals surface area contributed by atoms with Gasteiger partial charge in [-0.25, -0.2) is 14.8 Å². The van der Waals surface area contributed by atoms with E-state index in [0.717, 1.165) is 4.57 Å².